The molecule has 3 heterocycles. The fraction of sp³-hybridized carbons (Fsp3) is 0.316. The van der Waals surface area contributed by atoms with E-state index in [1.807, 2.05) is 30.3 Å². The Kier molecular flexibility index (Phi) is 4.43. The van der Waals surface area contributed by atoms with Gasteiger partial charge in [0, 0.05) is 31.7 Å². The molecule has 1 aromatic carbocycles. The van der Waals surface area contributed by atoms with Crippen molar-refractivity contribution >= 4 is 5.82 Å². The molecule has 1 atom stereocenters. The molecule has 0 aliphatic carbocycles. The zero-order valence-electron chi connectivity index (χ0n) is 14.1. The number of hydrogen-bond donors (Lipinski definition) is 1. The minimum Gasteiger partial charge on any atom is -0.481 e. The minimum atomic E-state index is 0.347. The van der Waals surface area contributed by atoms with E-state index in [4.69, 9.17) is 14.2 Å². The zero-order chi connectivity index (χ0) is 17.1. The highest BCUT2D eigenvalue weighted by Gasteiger charge is 2.21. The van der Waals surface area contributed by atoms with Gasteiger partial charge in [-0.3, -0.25) is 0 Å². The van der Waals surface area contributed by atoms with Crippen LogP contribution in [0.15, 0.2) is 48.9 Å². The lowest BCUT2D eigenvalue weighted by molar-refractivity contribution is 0.360. The van der Waals surface area contributed by atoms with Crippen LogP contribution in [0.2, 0.25) is 0 Å². The van der Waals surface area contributed by atoms with E-state index < -0.39 is 0 Å². The summed E-state index contributed by atoms with van der Waals surface area (Å²) in [6.45, 7) is 2.76. The Labute approximate surface area is 147 Å². The molecule has 1 fully saturated rings. The first kappa shape index (κ1) is 15.8. The number of piperazine rings is 1. The van der Waals surface area contributed by atoms with Gasteiger partial charge in [-0.2, -0.15) is 4.98 Å². The predicted molar refractivity (Wildman–Crippen MR) is 95.3 cm³/mol. The average molecular weight is 339 g/mol. The molecule has 6 nitrogen and oxygen atoms in total. The van der Waals surface area contributed by atoms with Gasteiger partial charge in [-0.1, -0.05) is 12.1 Å². The van der Waals surface area contributed by atoms with E-state index in [-0.39, 0.29) is 0 Å². The van der Waals surface area contributed by atoms with Crippen molar-refractivity contribution in [3.05, 3.63) is 54.5 Å². The maximum Gasteiger partial charge on any atom is 0.214 e. The van der Waals surface area contributed by atoms with Crippen LogP contribution in [-0.4, -0.2) is 37.8 Å². The van der Waals surface area contributed by atoms with Crippen LogP contribution in [0.25, 0.3) is 0 Å². The van der Waals surface area contributed by atoms with E-state index in [0.29, 0.717) is 11.9 Å². The SMILES string of the molecule is COc1cccc(N2CCNC(Cc3ccc4c(c3)OC=CO4)C2)n1. The van der Waals surface area contributed by atoms with E-state index in [2.05, 4.69) is 21.3 Å². The quantitative estimate of drug-likeness (QED) is 0.923. The molecule has 2 aliphatic rings. The van der Waals surface area contributed by atoms with E-state index >= 15 is 0 Å². The molecule has 6 heteroatoms. The molecule has 0 bridgehead atoms. The summed E-state index contributed by atoms with van der Waals surface area (Å²) in [6, 6.07) is 12.3. The average Bonchev–Trinajstić information content (AvgIpc) is 2.68. The Morgan fingerprint density at radius 1 is 1.20 bits per heavy atom. The van der Waals surface area contributed by atoms with Crippen LogP contribution in [0.1, 0.15) is 5.56 Å². The van der Waals surface area contributed by atoms with Crippen LogP contribution in [0, 0.1) is 0 Å². The smallest absolute Gasteiger partial charge is 0.214 e. The lowest BCUT2D eigenvalue weighted by atomic mass is 10.0. The van der Waals surface area contributed by atoms with Crippen molar-refractivity contribution < 1.29 is 14.2 Å². The van der Waals surface area contributed by atoms with Crippen LogP contribution in [0.4, 0.5) is 5.82 Å². The third-order valence-electron chi connectivity index (χ3n) is 4.43. The molecule has 2 aliphatic heterocycles. The number of fused-ring (bicyclic) bond motifs is 1. The zero-order valence-corrected chi connectivity index (χ0v) is 14.1. The maximum atomic E-state index is 5.51. The highest BCUT2D eigenvalue weighted by Crippen LogP contribution is 2.31. The second-order valence-electron chi connectivity index (χ2n) is 6.13. The van der Waals surface area contributed by atoms with Gasteiger partial charge in [0.2, 0.25) is 5.88 Å². The van der Waals surface area contributed by atoms with Crippen molar-refractivity contribution in [2.75, 3.05) is 31.6 Å². The molecule has 0 saturated carbocycles. The van der Waals surface area contributed by atoms with E-state index in [1.165, 1.54) is 5.56 Å². The lowest BCUT2D eigenvalue weighted by Gasteiger charge is -2.34. The molecule has 130 valence electrons. The van der Waals surface area contributed by atoms with Crippen molar-refractivity contribution in [3.8, 4) is 17.4 Å². The molecule has 1 unspecified atom stereocenters. The summed E-state index contributed by atoms with van der Waals surface area (Å²) in [5.74, 6) is 3.12. The van der Waals surface area contributed by atoms with Crippen molar-refractivity contribution in [2.45, 2.75) is 12.5 Å². The van der Waals surface area contributed by atoms with Crippen molar-refractivity contribution in [1.82, 2.24) is 10.3 Å². The van der Waals surface area contributed by atoms with Crippen LogP contribution in [0.5, 0.6) is 17.4 Å². The molecule has 0 spiro atoms. The molecule has 25 heavy (non-hydrogen) atoms. The first-order valence-electron chi connectivity index (χ1n) is 8.42. The number of hydrogen-bond acceptors (Lipinski definition) is 6. The van der Waals surface area contributed by atoms with Gasteiger partial charge in [0.15, 0.2) is 11.5 Å². The van der Waals surface area contributed by atoms with Gasteiger partial charge in [0.25, 0.3) is 0 Å². The van der Waals surface area contributed by atoms with Crippen LogP contribution < -0.4 is 24.4 Å². The minimum absolute atomic E-state index is 0.347. The van der Waals surface area contributed by atoms with Gasteiger partial charge < -0.3 is 24.4 Å². The second-order valence-corrected chi connectivity index (χ2v) is 6.13. The summed E-state index contributed by atoms with van der Waals surface area (Å²) < 4.78 is 16.2. The Hall–Kier alpha value is -2.73. The van der Waals surface area contributed by atoms with Gasteiger partial charge in [-0.05, 0) is 30.2 Å². The summed E-state index contributed by atoms with van der Waals surface area (Å²) in [7, 11) is 1.64. The molecule has 0 amide bonds. The van der Waals surface area contributed by atoms with Gasteiger partial charge in [0.05, 0.1) is 7.11 Å². The molecule has 2 aromatic rings. The molecular weight excluding hydrogens is 318 g/mol. The lowest BCUT2D eigenvalue weighted by Crippen LogP contribution is -2.51. The van der Waals surface area contributed by atoms with Gasteiger partial charge >= 0.3 is 0 Å². The first-order valence-corrected chi connectivity index (χ1v) is 8.42. The fourth-order valence-electron chi connectivity index (χ4n) is 3.22. The van der Waals surface area contributed by atoms with Crippen molar-refractivity contribution in [2.24, 2.45) is 0 Å². The molecular formula is C19H21N3O3. The highest BCUT2D eigenvalue weighted by molar-refractivity contribution is 5.45. The van der Waals surface area contributed by atoms with E-state index in [1.54, 1.807) is 19.6 Å². The summed E-state index contributed by atoms with van der Waals surface area (Å²) >= 11 is 0. The van der Waals surface area contributed by atoms with E-state index in [9.17, 15) is 0 Å². The fourth-order valence-corrected chi connectivity index (χ4v) is 3.22. The molecule has 1 aromatic heterocycles. The van der Waals surface area contributed by atoms with Crippen molar-refractivity contribution in [3.63, 3.8) is 0 Å². The Morgan fingerprint density at radius 3 is 2.96 bits per heavy atom. The number of anilines is 1. The topological polar surface area (TPSA) is 55.9 Å². The maximum absolute atomic E-state index is 5.51. The first-order chi connectivity index (χ1) is 12.3. The number of ether oxygens (including phenoxy) is 3. The third kappa shape index (κ3) is 3.53. The predicted octanol–water partition coefficient (Wildman–Crippen LogP) is 2.35. The number of aromatic nitrogens is 1. The highest BCUT2D eigenvalue weighted by atomic mass is 16.5. The summed E-state index contributed by atoms with van der Waals surface area (Å²) in [6.07, 6.45) is 4.02. The Balaban J connectivity index is 1.45. The monoisotopic (exact) mass is 339 g/mol. The second kappa shape index (κ2) is 7.03. The third-order valence-corrected chi connectivity index (χ3v) is 4.43. The number of rotatable bonds is 4. The summed E-state index contributed by atoms with van der Waals surface area (Å²) in [4.78, 5) is 6.84. The van der Waals surface area contributed by atoms with Crippen LogP contribution >= 0.6 is 0 Å². The molecule has 0 radical (unpaired) electrons. The van der Waals surface area contributed by atoms with Gasteiger partial charge in [0.1, 0.15) is 18.3 Å². The van der Waals surface area contributed by atoms with E-state index in [0.717, 1.165) is 43.4 Å². The number of nitrogens with one attached hydrogen (secondary N) is 1. The molecule has 1 N–H and O–H groups in total. The van der Waals surface area contributed by atoms with Gasteiger partial charge in [-0.25, -0.2) is 0 Å². The van der Waals surface area contributed by atoms with Crippen LogP contribution in [0.3, 0.4) is 0 Å². The van der Waals surface area contributed by atoms with Crippen LogP contribution in [-0.2, 0) is 6.42 Å². The number of benzene rings is 1. The molecule has 1 saturated heterocycles. The Morgan fingerprint density at radius 2 is 2.08 bits per heavy atom. The number of methoxy groups -OCH3 is 1. The van der Waals surface area contributed by atoms with Gasteiger partial charge in [-0.15, -0.1) is 0 Å². The standard InChI is InChI=1S/C19H21N3O3/c1-23-19-4-2-3-18(21-19)22-8-7-20-15(13-22)11-14-5-6-16-17(12-14)25-10-9-24-16/h2-6,9-10,12,15,20H,7-8,11,13H2,1H3. The normalized spacial score (nSPS) is 18.9. The molecule has 4 rings (SSSR count). The van der Waals surface area contributed by atoms with Crippen molar-refractivity contribution in [1.29, 1.82) is 0 Å². The largest absolute Gasteiger partial charge is 0.481 e. The summed E-state index contributed by atoms with van der Waals surface area (Å²) in [5.41, 5.74) is 1.22. The number of nitrogens with zero attached hydrogens (tertiary/aromatic N) is 2. The Bertz CT molecular complexity index is 778. The number of pyridine rings is 1. The summed E-state index contributed by atoms with van der Waals surface area (Å²) in [5, 5.41) is 3.59.